The van der Waals surface area contributed by atoms with Crippen LogP contribution in [0.4, 0.5) is 0 Å². The number of aliphatic imine (C=N–C) groups is 1. The molecule has 2 N–H and O–H groups in total. The van der Waals surface area contributed by atoms with Crippen molar-refractivity contribution in [2.24, 2.45) is 223 Å². The first-order valence-electron chi connectivity index (χ1n) is 53.2. The van der Waals surface area contributed by atoms with E-state index in [1.54, 1.807) is 6.92 Å². The largest absolute Gasteiger partial charge is 0.463 e. The van der Waals surface area contributed by atoms with Crippen molar-refractivity contribution in [3.63, 3.8) is 0 Å². The van der Waals surface area contributed by atoms with Crippen LogP contribution in [0.1, 0.15) is 238 Å². The Kier molecular flexibility index (Phi) is 40.8. The van der Waals surface area contributed by atoms with Gasteiger partial charge >= 0.3 is 89.5 Å². The molecule has 0 radical (unpaired) electrons. The van der Waals surface area contributed by atoms with Crippen LogP contribution >= 0.6 is 0 Å². The molecule has 0 spiro atoms. The Morgan fingerprint density at radius 1 is 0.359 bits per heavy atom. The lowest BCUT2D eigenvalue weighted by Crippen LogP contribution is -2.46. The van der Waals surface area contributed by atoms with Gasteiger partial charge in [-0.15, -0.1) is 0 Å². The van der Waals surface area contributed by atoms with Gasteiger partial charge in [0.1, 0.15) is 68.7 Å². The second-order valence-corrected chi connectivity index (χ2v) is 47.4. The Hall–Kier alpha value is -8.48. The summed E-state index contributed by atoms with van der Waals surface area (Å²) in [6.45, 7) is 58.2. The average Bonchev–Trinajstić information content (AvgIpc) is 1.59. The molecule has 15 aliphatic rings. The molecule has 12 saturated carbocycles. The molecule has 145 heavy (non-hydrogen) atoms. The second-order valence-electron chi connectivity index (χ2n) is 47.4. The van der Waals surface area contributed by atoms with E-state index in [0.717, 1.165) is 38.5 Å². The minimum absolute atomic E-state index is 0.0162. The lowest BCUT2D eigenvalue weighted by Gasteiger charge is -2.37. The van der Waals surface area contributed by atoms with E-state index in [1.807, 2.05) is 96.9 Å². The number of nitrogens with zero attached hydrogens (tertiary/aromatic N) is 1. The number of carbonyl (C=O) groups is 15. The molecule has 15 rings (SSSR count). The van der Waals surface area contributed by atoms with Gasteiger partial charge in [0.25, 0.3) is 0 Å². The van der Waals surface area contributed by atoms with E-state index < -0.39 is 142 Å². The molecule has 0 aromatic carbocycles. The van der Waals surface area contributed by atoms with Gasteiger partial charge in [-0.3, -0.25) is 72.1 Å². The summed E-state index contributed by atoms with van der Waals surface area (Å²) < 4.78 is 95.0. The third-order valence-electron chi connectivity index (χ3n) is 35.5. The van der Waals surface area contributed by atoms with Gasteiger partial charge in [0.05, 0.1) is 104 Å². The lowest BCUT2D eigenvalue weighted by atomic mass is 9.69. The number of fused-ring (bicyclic) bond motifs is 12. The molecule has 36 nitrogen and oxygen atoms in total. The van der Waals surface area contributed by atoms with E-state index in [-0.39, 0.29) is 216 Å². The van der Waals surface area contributed by atoms with Crippen molar-refractivity contribution in [1.29, 1.82) is 0 Å². The normalized spacial score (nSPS) is 38.2. The fourth-order valence-corrected chi connectivity index (χ4v) is 27.6. The zero-order valence-electron chi connectivity index (χ0n) is 90.7. The van der Waals surface area contributed by atoms with Crippen molar-refractivity contribution in [2.75, 3.05) is 92.8 Å². The zero-order valence-corrected chi connectivity index (χ0v) is 90.7. The van der Waals surface area contributed by atoms with Gasteiger partial charge < -0.3 is 95.5 Å². The molecule has 12 bridgehead atoms. The van der Waals surface area contributed by atoms with Crippen LogP contribution in [-0.4, -0.2) is 241 Å². The molecule has 3 heterocycles. The summed E-state index contributed by atoms with van der Waals surface area (Å²) in [5.41, 5.74) is -2.29. The highest BCUT2D eigenvalue weighted by Crippen LogP contribution is 2.65. The third kappa shape index (κ3) is 27.1. The van der Waals surface area contributed by atoms with E-state index >= 15 is 0 Å². The van der Waals surface area contributed by atoms with E-state index in [2.05, 4.69) is 94.8 Å². The quantitative estimate of drug-likeness (QED) is 0.0214. The molecule has 36 heteroatoms. The molecule has 12 aliphatic carbocycles. The Morgan fingerprint density at radius 2 is 0.607 bits per heavy atom. The van der Waals surface area contributed by atoms with Crippen LogP contribution in [0, 0.1) is 218 Å². The highest BCUT2D eigenvalue weighted by molar-refractivity contribution is 5.90. The fraction of sp³-hybridized carbons (Fsp3) is 0.853. The maximum absolute atomic E-state index is 13.1. The molecule has 0 aromatic heterocycles. The molecular weight excluding hydrogens is 1880 g/mol. The van der Waals surface area contributed by atoms with Crippen LogP contribution in [0.5, 0.6) is 0 Å². The van der Waals surface area contributed by atoms with E-state index in [9.17, 15) is 71.9 Å². The number of aliphatic hydroxyl groups excluding tert-OH is 2. The molecule has 3 saturated heterocycles. The maximum atomic E-state index is 13.1. The first-order valence-corrected chi connectivity index (χ1v) is 53.2. The van der Waals surface area contributed by atoms with Crippen molar-refractivity contribution in [1.82, 2.24) is 0 Å². The van der Waals surface area contributed by atoms with E-state index in [1.165, 1.54) is 0 Å². The second kappa shape index (κ2) is 50.0. The zero-order chi connectivity index (χ0) is 108. The van der Waals surface area contributed by atoms with Crippen molar-refractivity contribution < 1.29 is 167 Å². The SMILES string of the molecule is C=NCCOC(=O)C1C2CC(C(C)C2C)C1C(=O)OC(C)(C)C.CC1C(C)C2CC1C(C(=O)OC1C(=O)OCC1(C)C)C2C(=O)OC(C)(C)C.CC1C(C)C2CC1C(C(=O)OCCO)C2C(=O)OC(C)(C)C.CCOC(C)OC(=O)C1C2CC(C(C)C2C)C1C(=O)OC1COC(=O)C1.CCOCOC(=O)C1C2CC(C(C)C2C)C1C(=O)OC1COC(=O)C1.CCOCOC(=O)C1C2CC(C(C)C2C)C1C(=O)OCCO. The summed E-state index contributed by atoms with van der Waals surface area (Å²) >= 11 is 0. The van der Waals surface area contributed by atoms with E-state index in [0.29, 0.717) is 97.4 Å². The number of aliphatic hydroxyl groups is 2. The fourth-order valence-electron chi connectivity index (χ4n) is 27.6. The number of carbonyl (C=O) groups excluding carboxylic acids is 15. The van der Waals surface area contributed by atoms with Crippen molar-refractivity contribution in [3.8, 4) is 0 Å². The summed E-state index contributed by atoms with van der Waals surface area (Å²) in [7, 11) is 0. The van der Waals surface area contributed by atoms with Gasteiger partial charge in [-0.25, -0.2) is 4.79 Å². The van der Waals surface area contributed by atoms with Crippen LogP contribution in [0.3, 0.4) is 0 Å². The predicted molar refractivity (Wildman–Crippen MR) is 518 cm³/mol. The van der Waals surface area contributed by atoms with Gasteiger partial charge in [0.2, 0.25) is 6.10 Å². The predicted octanol–water partition coefficient (Wildman–Crippen LogP) is 12.4. The number of esters is 15. The highest BCUT2D eigenvalue weighted by Gasteiger charge is 2.68. The maximum Gasteiger partial charge on any atom is 0.348 e. The van der Waals surface area contributed by atoms with Crippen molar-refractivity contribution in [2.45, 2.75) is 280 Å². The molecule has 0 aromatic rings. The van der Waals surface area contributed by atoms with Crippen LogP contribution in [0.25, 0.3) is 0 Å². The number of hydrogen-bond donors (Lipinski definition) is 2. The molecule has 3 aliphatic heterocycles. The first kappa shape index (κ1) is 118. The van der Waals surface area contributed by atoms with E-state index in [4.69, 9.17) is 95.5 Å². The molecule has 0 amide bonds. The minimum Gasteiger partial charge on any atom is -0.463 e. The summed E-state index contributed by atoms with van der Waals surface area (Å²) in [4.78, 5) is 190. The Bertz CT molecular complexity index is 4520. The summed E-state index contributed by atoms with van der Waals surface area (Å²) in [6, 6.07) is 0. The summed E-state index contributed by atoms with van der Waals surface area (Å²) in [5, 5.41) is 17.7. The van der Waals surface area contributed by atoms with Crippen LogP contribution in [0.15, 0.2) is 4.99 Å². The summed E-state index contributed by atoms with van der Waals surface area (Å²) in [5.74, 6) is -5.03. The van der Waals surface area contributed by atoms with Crippen LogP contribution < -0.4 is 0 Å². The number of hydrogen-bond acceptors (Lipinski definition) is 36. The van der Waals surface area contributed by atoms with Gasteiger partial charge in [0, 0.05) is 25.2 Å². The van der Waals surface area contributed by atoms with Gasteiger partial charge in [-0.05, 0) is 277 Å². The molecule has 15 fully saturated rings. The highest BCUT2D eigenvalue weighted by atomic mass is 16.7. The van der Waals surface area contributed by atoms with Crippen molar-refractivity contribution in [3.05, 3.63) is 0 Å². The first-order chi connectivity index (χ1) is 68.0. The third-order valence-corrected chi connectivity index (χ3v) is 35.5. The lowest BCUT2D eigenvalue weighted by molar-refractivity contribution is -0.188. The van der Waals surface area contributed by atoms with Crippen molar-refractivity contribution >= 4 is 96.3 Å². The van der Waals surface area contributed by atoms with Gasteiger partial charge in [-0.2, -0.15) is 0 Å². The molecular formula is C109H169NO35. The van der Waals surface area contributed by atoms with Gasteiger partial charge in [0.15, 0.2) is 19.9 Å². The number of rotatable bonds is 31. The molecule has 820 valence electrons. The Labute approximate surface area is 855 Å². The monoisotopic (exact) mass is 2050 g/mol. The Morgan fingerprint density at radius 3 is 0.834 bits per heavy atom. The van der Waals surface area contributed by atoms with Crippen LogP contribution in [0.2, 0.25) is 0 Å². The number of ether oxygens (including phenoxy) is 18. The minimum atomic E-state index is -0.920. The Balaban J connectivity index is 0.000000179. The average molecular weight is 2050 g/mol. The van der Waals surface area contributed by atoms with Crippen LogP contribution in [-0.2, 0) is 157 Å². The standard InChI is InChI=1S/C21H32O6.C19H28O7.C18H29NO4.C18H26O7.C17H28O5.C16H26O6/c1-10-11(2)13-8-12(10)14(15(13)18(23)27-20(3,4)5)17(22)26-16-19(24)25-9-21(16,6)7;1-5-23-11(4)25-18(21)16-13-7-14(10(3)9(13)2)17(16)19(22)26-12-6-15(20)24-8-12;1-10-11(2)13-9-12(10)14(16(20)22-8-7-19-6)15(13)17(21)23-18(3,4)5;1-4-22-8-24-17(20)15-12-6-13(10(3)9(12)2)16(15)18(21)25-11-5-14(19)23-7-11;1-9-10(2)12-8-11(9)13(15(19)21-7-6-18)14(12)16(20)22-17(3,4)5;1-4-20-8-22-16(19)14-12-7-11(9(2)10(12)3)13(14)15(18)21-6-5-17/h10-16H,8-9H2,1-7H3;9-14,16-17H,5-8H2,1-4H3;10-15H,6-9H2,1-5H3;9-13,15-16H,4-8H2,1-3H3;9-14,18H,6-8H2,1-5H3;9-14,17H,4-8H2,1-3H3. The summed E-state index contributed by atoms with van der Waals surface area (Å²) in [6.07, 6.45) is 2.62. The topological polar surface area (TPSA) is 475 Å². The molecule has 40 atom stereocenters. The molecule has 40 unspecified atom stereocenters. The van der Waals surface area contributed by atoms with Gasteiger partial charge in [-0.1, -0.05) is 96.9 Å². The number of cyclic esters (lactones) is 3. The smallest absolute Gasteiger partial charge is 0.348 e.